The minimum atomic E-state index is -3.72. The van der Waals surface area contributed by atoms with E-state index in [1.807, 2.05) is 0 Å². The van der Waals surface area contributed by atoms with E-state index in [-0.39, 0.29) is 11.4 Å². The molecule has 0 spiro atoms. The van der Waals surface area contributed by atoms with Crippen LogP contribution in [-0.2, 0) is 15.8 Å². The lowest BCUT2D eigenvalue weighted by Crippen LogP contribution is -2.15. The summed E-state index contributed by atoms with van der Waals surface area (Å²) in [6.45, 7) is 0. The molecule has 0 aliphatic carbocycles. The molecular weight excluding hydrogens is 308 g/mol. The molecule has 0 fully saturated rings. The largest absolute Gasteiger partial charge is 0.495 e. The van der Waals surface area contributed by atoms with Gasteiger partial charge in [0.1, 0.15) is 5.75 Å². The number of hydrogen-bond acceptors (Lipinski definition) is 5. The molecule has 0 aromatic heterocycles. The van der Waals surface area contributed by atoms with Crippen LogP contribution < -0.4 is 9.46 Å². The van der Waals surface area contributed by atoms with Crippen LogP contribution in [0.1, 0.15) is 5.56 Å². The van der Waals surface area contributed by atoms with Crippen molar-refractivity contribution in [3.05, 3.63) is 64.2 Å². The number of rotatable bonds is 6. The fourth-order valence-corrected chi connectivity index (χ4v) is 3.11. The fourth-order valence-electron chi connectivity index (χ4n) is 1.91. The molecule has 0 bridgehead atoms. The number of methoxy groups -OCH3 is 1. The van der Waals surface area contributed by atoms with Crippen molar-refractivity contribution < 1.29 is 18.1 Å². The van der Waals surface area contributed by atoms with E-state index in [2.05, 4.69) is 4.72 Å². The van der Waals surface area contributed by atoms with Crippen LogP contribution in [0.5, 0.6) is 5.75 Å². The molecule has 0 saturated heterocycles. The van der Waals surface area contributed by atoms with Gasteiger partial charge in [0.2, 0.25) is 10.0 Å². The Bertz CT molecular complexity index is 789. The van der Waals surface area contributed by atoms with Crippen LogP contribution in [0.25, 0.3) is 0 Å². The highest BCUT2D eigenvalue weighted by Gasteiger charge is 2.16. The van der Waals surface area contributed by atoms with Crippen LogP contribution in [0.2, 0.25) is 0 Å². The molecule has 116 valence electrons. The molecule has 0 saturated carbocycles. The van der Waals surface area contributed by atoms with E-state index in [1.165, 1.54) is 31.4 Å². The summed E-state index contributed by atoms with van der Waals surface area (Å²) in [5.41, 5.74) is 0.497. The van der Waals surface area contributed by atoms with Crippen molar-refractivity contribution in [1.29, 1.82) is 0 Å². The van der Waals surface area contributed by atoms with Crippen molar-refractivity contribution in [3.63, 3.8) is 0 Å². The first-order valence-electron chi connectivity index (χ1n) is 6.28. The molecular formula is C14H14N2O5S. The van der Waals surface area contributed by atoms with Crippen LogP contribution >= 0.6 is 0 Å². The molecule has 0 unspecified atom stereocenters. The van der Waals surface area contributed by atoms with Crippen LogP contribution in [0.3, 0.4) is 0 Å². The molecule has 2 rings (SSSR count). The summed E-state index contributed by atoms with van der Waals surface area (Å²) in [7, 11) is -2.28. The number of benzene rings is 2. The number of nitro benzene ring substituents is 1. The van der Waals surface area contributed by atoms with Gasteiger partial charge >= 0.3 is 0 Å². The Morgan fingerprint density at radius 3 is 2.59 bits per heavy atom. The van der Waals surface area contributed by atoms with E-state index in [0.29, 0.717) is 17.0 Å². The van der Waals surface area contributed by atoms with Crippen LogP contribution in [0.15, 0.2) is 48.5 Å². The minimum Gasteiger partial charge on any atom is -0.495 e. The van der Waals surface area contributed by atoms with Gasteiger partial charge in [0.25, 0.3) is 5.69 Å². The lowest BCUT2D eigenvalue weighted by atomic mass is 10.2. The SMILES string of the molecule is COc1ccccc1NS(=O)(=O)Cc1cccc([N+](=O)[O-])c1. The van der Waals surface area contributed by atoms with Gasteiger partial charge in [0, 0.05) is 12.1 Å². The number of sulfonamides is 1. The zero-order valence-electron chi connectivity index (χ0n) is 11.7. The van der Waals surface area contributed by atoms with Crippen LogP contribution in [-0.4, -0.2) is 20.5 Å². The van der Waals surface area contributed by atoms with Gasteiger partial charge in [-0.3, -0.25) is 14.8 Å². The van der Waals surface area contributed by atoms with Crippen molar-refractivity contribution in [2.24, 2.45) is 0 Å². The second-order valence-electron chi connectivity index (χ2n) is 4.49. The first-order valence-corrected chi connectivity index (χ1v) is 7.93. The summed E-state index contributed by atoms with van der Waals surface area (Å²) in [6.07, 6.45) is 0. The molecule has 0 heterocycles. The summed E-state index contributed by atoms with van der Waals surface area (Å²) in [6, 6.07) is 12.1. The van der Waals surface area contributed by atoms with Gasteiger partial charge in [0.05, 0.1) is 23.5 Å². The van der Waals surface area contributed by atoms with Gasteiger partial charge in [-0.1, -0.05) is 24.3 Å². The summed E-state index contributed by atoms with van der Waals surface area (Å²) < 4.78 is 31.9. The average molecular weight is 322 g/mol. The smallest absolute Gasteiger partial charge is 0.269 e. The Balaban J connectivity index is 2.21. The van der Waals surface area contributed by atoms with E-state index in [4.69, 9.17) is 4.74 Å². The zero-order chi connectivity index (χ0) is 16.2. The van der Waals surface area contributed by atoms with E-state index < -0.39 is 14.9 Å². The lowest BCUT2D eigenvalue weighted by molar-refractivity contribution is -0.384. The average Bonchev–Trinajstić information content (AvgIpc) is 2.47. The highest BCUT2D eigenvalue weighted by molar-refractivity contribution is 7.91. The number of nitro groups is 1. The highest BCUT2D eigenvalue weighted by atomic mass is 32.2. The second-order valence-corrected chi connectivity index (χ2v) is 6.21. The van der Waals surface area contributed by atoms with E-state index in [0.717, 1.165) is 0 Å². The van der Waals surface area contributed by atoms with Crippen molar-refractivity contribution in [2.75, 3.05) is 11.8 Å². The quantitative estimate of drug-likeness (QED) is 0.651. The molecule has 2 aromatic rings. The number of nitrogens with one attached hydrogen (secondary N) is 1. The predicted octanol–water partition coefficient (Wildman–Crippen LogP) is 2.55. The third kappa shape index (κ3) is 3.95. The number of non-ortho nitro benzene ring substituents is 1. The monoisotopic (exact) mass is 322 g/mol. The van der Waals surface area contributed by atoms with Crippen LogP contribution in [0, 0.1) is 10.1 Å². The Labute approximate surface area is 127 Å². The van der Waals surface area contributed by atoms with Crippen molar-refractivity contribution >= 4 is 21.4 Å². The Kier molecular flexibility index (Phi) is 4.62. The van der Waals surface area contributed by atoms with Crippen molar-refractivity contribution in [3.8, 4) is 5.75 Å². The lowest BCUT2D eigenvalue weighted by Gasteiger charge is -2.11. The summed E-state index contributed by atoms with van der Waals surface area (Å²) in [5, 5.41) is 10.7. The van der Waals surface area contributed by atoms with E-state index in [1.54, 1.807) is 24.3 Å². The number of nitrogens with zero attached hydrogens (tertiary/aromatic N) is 1. The standard InChI is InChI=1S/C14H14N2O5S/c1-21-14-8-3-2-7-13(14)15-22(19,20)10-11-5-4-6-12(9-11)16(17)18/h2-9,15H,10H2,1H3. The van der Waals surface area contributed by atoms with Crippen molar-refractivity contribution in [2.45, 2.75) is 5.75 Å². The number of para-hydroxylation sites is 2. The molecule has 0 aliphatic heterocycles. The molecule has 0 aliphatic rings. The number of ether oxygens (including phenoxy) is 1. The molecule has 8 heteroatoms. The molecule has 0 atom stereocenters. The topological polar surface area (TPSA) is 98.5 Å². The first kappa shape index (κ1) is 15.8. The second kappa shape index (κ2) is 6.44. The van der Waals surface area contributed by atoms with Gasteiger partial charge in [-0.2, -0.15) is 0 Å². The maximum absolute atomic E-state index is 12.2. The fraction of sp³-hybridized carbons (Fsp3) is 0.143. The summed E-state index contributed by atoms with van der Waals surface area (Å²) in [5.74, 6) is 0.0253. The molecule has 0 amide bonds. The normalized spacial score (nSPS) is 11.0. The Morgan fingerprint density at radius 1 is 1.18 bits per heavy atom. The molecule has 22 heavy (non-hydrogen) atoms. The van der Waals surface area contributed by atoms with Gasteiger partial charge < -0.3 is 4.74 Å². The maximum Gasteiger partial charge on any atom is 0.269 e. The third-order valence-electron chi connectivity index (χ3n) is 2.85. The van der Waals surface area contributed by atoms with Gasteiger partial charge in [-0.05, 0) is 17.7 Å². The highest BCUT2D eigenvalue weighted by Crippen LogP contribution is 2.25. The molecule has 7 nitrogen and oxygen atoms in total. The van der Waals surface area contributed by atoms with E-state index in [9.17, 15) is 18.5 Å². The number of anilines is 1. The van der Waals surface area contributed by atoms with Gasteiger partial charge in [-0.15, -0.1) is 0 Å². The minimum absolute atomic E-state index is 0.148. The van der Waals surface area contributed by atoms with Crippen molar-refractivity contribution in [1.82, 2.24) is 0 Å². The van der Waals surface area contributed by atoms with Gasteiger partial charge in [-0.25, -0.2) is 8.42 Å². The predicted molar refractivity (Wildman–Crippen MR) is 82.3 cm³/mol. The maximum atomic E-state index is 12.2. The molecule has 1 N–H and O–H groups in total. The van der Waals surface area contributed by atoms with E-state index >= 15 is 0 Å². The first-order chi connectivity index (χ1) is 10.4. The third-order valence-corrected chi connectivity index (χ3v) is 4.09. The van der Waals surface area contributed by atoms with Crippen LogP contribution in [0.4, 0.5) is 11.4 Å². The Morgan fingerprint density at radius 2 is 1.91 bits per heavy atom. The zero-order valence-corrected chi connectivity index (χ0v) is 12.5. The molecule has 2 aromatic carbocycles. The summed E-state index contributed by atoms with van der Waals surface area (Å²) >= 11 is 0. The van der Waals surface area contributed by atoms with Gasteiger partial charge in [0.15, 0.2) is 0 Å². The number of hydrogen-bond donors (Lipinski definition) is 1. The molecule has 0 radical (unpaired) electrons. The summed E-state index contributed by atoms with van der Waals surface area (Å²) in [4.78, 5) is 10.2. The Hall–Kier alpha value is -2.61.